The van der Waals surface area contributed by atoms with Gasteiger partial charge in [-0.05, 0) is 56.7 Å². The van der Waals surface area contributed by atoms with Gasteiger partial charge in [-0.25, -0.2) is 0 Å². The number of hydrogen-bond acceptors (Lipinski definition) is 4. The summed E-state index contributed by atoms with van der Waals surface area (Å²) < 4.78 is 10.5. The Bertz CT molecular complexity index is 563. The summed E-state index contributed by atoms with van der Waals surface area (Å²) >= 11 is 1.85. The average molecular weight is 305 g/mol. The summed E-state index contributed by atoms with van der Waals surface area (Å²) in [5, 5.41) is 3.53. The summed E-state index contributed by atoms with van der Waals surface area (Å²) in [6.45, 7) is 7.70. The molecule has 1 N–H and O–H groups in total. The highest BCUT2D eigenvalue weighted by atomic mass is 32.1. The molecule has 114 valence electrons. The first kappa shape index (κ1) is 15.9. The Kier molecular flexibility index (Phi) is 5.65. The number of rotatable bonds is 7. The quantitative estimate of drug-likeness (QED) is 0.760. The van der Waals surface area contributed by atoms with Crippen molar-refractivity contribution in [3.63, 3.8) is 0 Å². The zero-order chi connectivity index (χ0) is 15.2. The predicted molar refractivity (Wildman–Crippen MR) is 89.6 cm³/mol. The summed E-state index contributed by atoms with van der Waals surface area (Å²) in [6, 6.07) is 10.6. The Labute approximate surface area is 130 Å². The minimum Gasteiger partial charge on any atom is -0.491 e. The van der Waals surface area contributed by atoms with Crippen LogP contribution in [0.5, 0.6) is 5.75 Å². The van der Waals surface area contributed by atoms with Crippen molar-refractivity contribution in [3.8, 4) is 5.75 Å². The minimum absolute atomic E-state index is 0.301. The minimum atomic E-state index is 0.301. The van der Waals surface area contributed by atoms with Crippen molar-refractivity contribution in [2.24, 2.45) is 0 Å². The summed E-state index contributed by atoms with van der Waals surface area (Å²) in [6.07, 6.45) is 0. The SMILES string of the molecule is COCCOc1ccc(NC(C)c2cc(C)sc2C)cc1. The van der Waals surface area contributed by atoms with Crippen LogP contribution in [0.1, 0.15) is 28.3 Å². The van der Waals surface area contributed by atoms with Crippen molar-refractivity contribution < 1.29 is 9.47 Å². The fourth-order valence-corrected chi connectivity index (χ4v) is 3.32. The second-order valence-corrected chi connectivity index (χ2v) is 6.56. The predicted octanol–water partition coefficient (Wildman–Crippen LogP) is 4.56. The van der Waals surface area contributed by atoms with E-state index in [2.05, 4.69) is 32.2 Å². The second kappa shape index (κ2) is 7.48. The lowest BCUT2D eigenvalue weighted by atomic mass is 10.1. The molecular formula is C17H23NO2S. The second-order valence-electron chi connectivity index (χ2n) is 5.10. The molecule has 2 rings (SSSR count). The zero-order valence-corrected chi connectivity index (χ0v) is 13.9. The summed E-state index contributed by atoms with van der Waals surface area (Å²) in [5.74, 6) is 0.868. The Morgan fingerprint density at radius 1 is 1.14 bits per heavy atom. The zero-order valence-electron chi connectivity index (χ0n) is 13.1. The smallest absolute Gasteiger partial charge is 0.119 e. The van der Waals surface area contributed by atoms with Gasteiger partial charge in [0.1, 0.15) is 12.4 Å². The molecule has 1 aromatic heterocycles. The number of hydrogen-bond donors (Lipinski definition) is 1. The fraction of sp³-hybridized carbons (Fsp3) is 0.412. The molecule has 0 saturated carbocycles. The Hall–Kier alpha value is -1.52. The molecule has 4 heteroatoms. The number of anilines is 1. The van der Waals surface area contributed by atoms with Crippen LogP contribution < -0.4 is 10.1 Å². The first-order chi connectivity index (χ1) is 10.1. The van der Waals surface area contributed by atoms with Gasteiger partial charge in [0.2, 0.25) is 0 Å². The fourth-order valence-electron chi connectivity index (χ4n) is 2.30. The Morgan fingerprint density at radius 3 is 2.43 bits per heavy atom. The highest BCUT2D eigenvalue weighted by Gasteiger charge is 2.11. The van der Waals surface area contributed by atoms with E-state index in [1.807, 2.05) is 35.6 Å². The van der Waals surface area contributed by atoms with Crippen LogP contribution in [-0.4, -0.2) is 20.3 Å². The maximum atomic E-state index is 5.56. The van der Waals surface area contributed by atoms with Gasteiger partial charge in [0, 0.05) is 28.6 Å². The van der Waals surface area contributed by atoms with Gasteiger partial charge in [-0.3, -0.25) is 0 Å². The van der Waals surface area contributed by atoms with E-state index in [1.165, 1.54) is 15.3 Å². The van der Waals surface area contributed by atoms with Gasteiger partial charge in [-0.15, -0.1) is 11.3 Å². The molecule has 0 amide bonds. The van der Waals surface area contributed by atoms with Crippen LogP contribution >= 0.6 is 11.3 Å². The van der Waals surface area contributed by atoms with Crippen LogP contribution in [0, 0.1) is 13.8 Å². The van der Waals surface area contributed by atoms with Gasteiger partial charge in [-0.1, -0.05) is 0 Å². The van der Waals surface area contributed by atoms with E-state index in [4.69, 9.17) is 9.47 Å². The molecule has 0 radical (unpaired) electrons. The first-order valence-corrected chi connectivity index (χ1v) is 7.97. The number of benzene rings is 1. The monoisotopic (exact) mass is 305 g/mol. The van der Waals surface area contributed by atoms with Crippen molar-refractivity contribution in [2.75, 3.05) is 25.6 Å². The van der Waals surface area contributed by atoms with E-state index in [9.17, 15) is 0 Å². The Balaban J connectivity index is 1.95. The maximum Gasteiger partial charge on any atom is 0.119 e. The largest absolute Gasteiger partial charge is 0.491 e. The normalized spacial score (nSPS) is 12.2. The highest BCUT2D eigenvalue weighted by molar-refractivity contribution is 7.12. The molecule has 1 atom stereocenters. The van der Waals surface area contributed by atoms with E-state index in [1.54, 1.807) is 7.11 Å². The van der Waals surface area contributed by atoms with Crippen molar-refractivity contribution in [1.29, 1.82) is 0 Å². The number of aryl methyl sites for hydroxylation is 2. The molecule has 1 unspecified atom stereocenters. The molecule has 0 fully saturated rings. The van der Waals surface area contributed by atoms with Gasteiger partial charge in [0.15, 0.2) is 0 Å². The van der Waals surface area contributed by atoms with Gasteiger partial charge < -0.3 is 14.8 Å². The summed E-state index contributed by atoms with van der Waals surface area (Å²) in [4.78, 5) is 2.74. The van der Waals surface area contributed by atoms with E-state index < -0.39 is 0 Å². The first-order valence-electron chi connectivity index (χ1n) is 7.15. The molecule has 0 aliphatic carbocycles. The van der Waals surface area contributed by atoms with Crippen LogP contribution in [0.25, 0.3) is 0 Å². The van der Waals surface area contributed by atoms with E-state index >= 15 is 0 Å². The molecule has 1 heterocycles. The molecule has 2 aromatic rings. The lowest BCUT2D eigenvalue weighted by Gasteiger charge is -2.16. The molecule has 3 nitrogen and oxygen atoms in total. The van der Waals surface area contributed by atoms with Crippen LogP contribution in [0.2, 0.25) is 0 Å². The van der Waals surface area contributed by atoms with Gasteiger partial charge >= 0.3 is 0 Å². The molecule has 1 aromatic carbocycles. The van der Waals surface area contributed by atoms with Crippen molar-refractivity contribution in [2.45, 2.75) is 26.8 Å². The van der Waals surface area contributed by atoms with Crippen LogP contribution in [0.3, 0.4) is 0 Å². The van der Waals surface area contributed by atoms with Gasteiger partial charge in [0.05, 0.1) is 6.61 Å². The van der Waals surface area contributed by atoms with Crippen LogP contribution in [0.15, 0.2) is 30.3 Å². The topological polar surface area (TPSA) is 30.5 Å². The number of thiophene rings is 1. The molecule has 0 aliphatic rings. The standard InChI is InChI=1S/C17H23NO2S/c1-12-11-17(14(3)21-12)13(2)18-15-5-7-16(8-6-15)20-10-9-19-4/h5-8,11,13,18H,9-10H2,1-4H3. The molecule has 0 bridgehead atoms. The lowest BCUT2D eigenvalue weighted by molar-refractivity contribution is 0.146. The molecule has 0 spiro atoms. The average Bonchev–Trinajstić information content (AvgIpc) is 2.80. The molecule has 0 saturated heterocycles. The number of methoxy groups -OCH3 is 1. The third kappa shape index (κ3) is 4.48. The maximum absolute atomic E-state index is 5.56. The molecule has 0 aliphatic heterocycles. The summed E-state index contributed by atoms with van der Waals surface area (Å²) in [5.41, 5.74) is 2.47. The molecular weight excluding hydrogens is 282 g/mol. The number of ether oxygens (including phenoxy) is 2. The number of nitrogens with one attached hydrogen (secondary N) is 1. The van der Waals surface area contributed by atoms with Crippen molar-refractivity contribution in [3.05, 3.63) is 45.6 Å². The Morgan fingerprint density at radius 2 is 1.86 bits per heavy atom. The highest BCUT2D eigenvalue weighted by Crippen LogP contribution is 2.29. The third-order valence-corrected chi connectivity index (χ3v) is 4.32. The van der Waals surface area contributed by atoms with E-state index in [-0.39, 0.29) is 0 Å². The van der Waals surface area contributed by atoms with Gasteiger partial charge in [-0.2, -0.15) is 0 Å². The lowest BCUT2D eigenvalue weighted by Crippen LogP contribution is -2.07. The van der Waals surface area contributed by atoms with E-state index in [0.29, 0.717) is 19.3 Å². The van der Waals surface area contributed by atoms with Crippen molar-refractivity contribution >= 4 is 17.0 Å². The van der Waals surface area contributed by atoms with Crippen LogP contribution in [0.4, 0.5) is 5.69 Å². The van der Waals surface area contributed by atoms with Gasteiger partial charge in [0.25, 0.3) is 0 Å². The third-order valence-electron chi connectivity index (χ3n) is 3.34. The summed E-state index contributed by atoms with van der Waals surface area (Å²) in [7, 11) is 1.67. The van der Waals surface area contributed by atoms with E-state index in [0.717, 1.165) is 11.4 Å². The molecule has 21 heavy (non-hydrogen) atoms. The van der Waals surface area contributed by atoms with Crippen LogP contribution in [-0.2, 0) is 4.74 Å². The van der Waals surface area contributed by atoms with Crippen molar-refractivity contribution in [1.82, 2.24) is 0 Å².